The molecule has 0 heterocycles. The van der Waals surface area contributed by atoms with Crippen LogP contribution in [0.25, 0.3) is 0 Å². The molecule has 0 aromatic carbocycles. The van der Waals surface area contributed by atoms with Gasteiger partial charge in [-0.05, 0) is 25.7 Å². The fraction of sp³-hybridized carbons (Fsp3) is 0.818. The van der Waals surface area contributed by atoms with Gasteiger partial charge in [0.1, 0.15) is 0 Å². The van der Waals surface area contributed by atoms with Crippen LogP contribution in [0.2, 0.25) is 0 Å². The first-order valence-electron chi connectivity index (χ1n) is 5.24. The molecule has 1 aliphatic carbocycles. The van der Waals surface area contributed by atoms with E-state index in [1.807, 2.05) is 0 Å². The molecule has 2 nitrogen and oxygen atoms in total. The fourth-order valence-corrected chi connectivity index (χ4v) is 1.91. The van der Waals surface area contributed by atoms with Gasteiger partial charge in [0.2, 0.25) is 0 Å². The standard InChI is InChI=1S/C11H20O2/c1-9(12)7-8-11(13)10-5-3-2-4-6-10/h7-13H,2-6H2,1H3/b8-7+/t9-,11-/m1/s1. The zero-order valence-electron chi connectivity index (χ0n) is 8.32. The molecule has 1 fully saturated rings. The lowest BCUT2D eigenvalue weighted by atomic mass is 9.85. The first-order chi connectivity index (χ1) is 6.20. The molecule has 0 radical (unpaired) electrons. The average molecular weight is 184 g/mol. The Morgan fingerprint density at radius 3 is 2.23 bits per heavy atom. The minimum absolute atomic E-state index is 0.352. The molecule has 0 bridgehead atoms. The Bertz CT molecular complexity index is 157. The van der Waals surface area contributed by atoms with Crippen LogP contribution in [0.3, 0.4) is 0 Å². The lowest BCUT2D eigenvalue weighted by molar-refractivity contribution is 0.123. The Kier molecular flexibility index (Phi) is 4.46. The zero-order chi connectivity index (χ0) is 9.68. The van der Waals surface area contributed by atoms with E-state index >= 15 is 0 Å². The summed E-state index contributed by atoms with van der Waals surface area (Å²) in [6.45, 7) is 1.70. The van der Waals surface area contributed by atoms with Crippen molar-refractivity contribution >= 4 is 0 Å². The number of rotatable bonds is 3. The van der Waals surface area contributed by atoms with Crippen molar-refractivity contribution in [1.29, 1.82) is 0 Å². The van der Waals surface area contributed by atoms with E-state index in [0.29, 0.717) is 5.92 Å². The van der Waals surface area contributed by atoms with Crippen LogP contribution in [0.1, 0.15) is 39.0 Å². The van der Waals surface area contributed by atoms with Gasteiger partial charge < -0.3 is 10.2 Å². The Morgan fingerprint density at radius 1 is 1.08 bits per heavy atom. The molecular formula is C11H20O2. The normalized spacial score (nSPS) is 24.8. The van der Waals surface area contributed by atoms with Gasteiger partial charge >= 0.3 is 0 Å². The highest BCUT2D eigenvalue weighted by molar-refractivity contribution is 4.95. The molecule has 1 saturated carbocycles. The van der Waals surface area contributed by atoms with Crippen LogP contribution in [0, 0.1) is 5.92 Å². The van der Waals surface area contributed by atoms with Crippen molar-refractivity contribution in [3.63, 3.8) is 0 Å². The van der Waals surface area contributed by atoms with Gasteiger partial charge in [-0.1, -0.05) is 31.4 Å². The summed E-state index contributed by atoms with van der Waals surface area (Å²) in [5, 5.41) is 18.7. The molecule has 1 rings (SSSR count). The topological polar surface area (TPSA) is 40.5 Å². The molecule has 0 aromatic heterocycles. The second-order valence-electron chi connectivity index (χ2n) is 4.01. The molecule has 0 saturated heterocycles. The van der Waals surface area contributed by atoms with E-state index in [-0.39, 0.29) is 6.10 Å². The maximum Gasteiger partial charge on any atom is 0.0749 e. The van der Waals surface area contributed by atoms with Gasteiger partial charge in [0.05, 0.1) is 12.2 Å². The van der Waals surface area contributed by atoms with Gasteiger partial charge in [0.15, 0.2) is 0 Å². The monoisotopic (exact) mass is 184 g/mol. The van der Waals surface area contributed by atoms with Crippen LogP contribution in [0.5, 0.6) is 0 Å². The number of hydrogen-bond donors (Lipinski definition) is 2. The molecule has 0 amide bonds. The van der Waals surface area contributed by atoms with Crippen molar-refractivity contribution in [2.45, 2.75) is 51.2 Å². The summed E-state index contributed by atoms with van der Waals surface area (Å²) in [7, 11) is 0. The van der Waals surface area contributed by atoms with Crippen molar-refractivity contribution in [1.82, 2.24) is 0 Å². The van der Waals surface area contributed by atoms with E-state index < -0.39 is 6.10 Å². The van der Waals surface area contributed by atoms with Gasteiger partial charge in [0, 0.05) is 0 Å². The summed E-state index contributed by atoms with van der Waals surface area (Å²) in [5.74, 6) is 0.420. The summed E-state index contributed by atoms with van der Waals surface area (Å²) in [6, 6.07) is 0. The van der Waals surface area contributed by atoms with Gasteiger partial charge in [-0.15, -0.1) is 0 Å². The molecule has 0 aliphatic heterocycles. The molecule has 0 aromatic rings. The van der Waals surface area contributed by atoms with Crippen molar-refractivity contribution < 1.29 is 10.2 Å². The predicted octanol–water partition coefficient (Wildman–Crippen LogP) is 1.86. The molecule has 2 heteroatoms. The average Bonchev–Trinajstić information content (AvgIpc) is 2.15. The molecule has 2 N–H and O–H groups in total. The number of hydrogen-bond acceptors (Lipinski definition) is 2. The van der Waals surface area contributed by atoms with Gasteiger partial charge in [0.25, 0.3) is 0 Å². The summed E-state index contributed by atoms with van der Waals surface area (Å²) in [4.78, 5) is 0. The Balaban J connectivity index is 2.32. The third-order valence-electron chi connectivity index (χ3n) is 2.72. The molecular weight excluding hydrogens is 164 g/mol. The van der Waals surface area contributed by atoms with Gasteiger partial charge in [-0.2, -0.15) is 0 Å². The van der Waals surface area contributed by atoms with E-state index in [4.69, 9.17) is 5.11 Å². The second kappa shape index (κ2) is 5.40. The third kappa shape index (κ3) is 3.92. The van der Waals surface area contributed by atoms with Gasteiger partial charge in [-0.3, -0.25) is 0 Å². The lowest BCUT2D eigenvalue weighted by Gasteiger charge is -2.24. The third-order valence-corrected chi connectivity index (χ3v) is 2.72. The molecule has 1 aliphatic rings. The van der Waals surface area contributed by atoms with Crippen molar-refractivity contribution in [2.24, 2.45) is 5.92 Å². The van der Waals surface area contributed by atoms with Crippen LogP contribution in [0.4, 0.5) is 0 Å². The Morgan fingerprint density at radius 2 is 1.69 bits per heavy atom. The van der Waals surface area contributed by atoms with E-state index in [0.717, 1.165) is 12.8 Å². The van der Waals surface area contributed by atoms with Crippen LogP contribution in [-0.4, -0.2) is 22.4 Å². The van der Waals surface area contributed by atoms with Gasteiger partial charge in [-0.25, -0.2) is 0 Å². The zero-order valence-corrected chi connectivity index (χ0v) is 8.32. The van der Waals surface area contributed by atoms with Crippen LogP contribution in [0.15, 0.2) is 12.2 Å². The molecule has 0 spiro atoms. The van der Waals surface area contributed by atoms with Crippen LogP contribution < -0.4 is 0 Å². The summed E-state index contributed by atoms with van der Waals surface area (Å²) >= 11 is 0. The Hall–Kier alpha value is -0.340. The highest BCUT2D eigenvalue weighted by Gasteiger charge is 2.19. The second-order valence-corrected chi connectivity index (χ2v) is 4.01. The highest BCUT2D eigenvalue weighted by Crippen LogP contribution is 2.26. The van der Waals surface area contributed by atoms with E-state index in [1.54, 1.807) is 19.1 Å². The van der Waals surface area contributed by atoms with Crippen molar-refractivity contribution in [2.75, 3.05) is 0 Å². The van der Waals surface area contributed by atoms with Crippen molar-refractivity contribution in [3.05, 3.63) is 12.2 Å². The first-order valence-corrected chi connectivity index (χ1v) is 5.24. The first kappa shape index (κ1) is 10.7. The van der Waals surface area contributed by atoms with Crippen LogP contribution >= 0.6 is 0 Å². The minimum atomic E-state index is -0.446. The smallest absolute Gasteiger partial charge is 0.0749 e. The van der Waals surface area contributed by atoms with E-state index in [2.05, 4.69) is 0 Å². The number of aliphatic hydroxyl groups excluding tert-OH is 2. The maximum absolute atomic E-state index is 9.72. The summed E-state index contributed by atoms with van der Waals surface area (Å²) < 4.78 is 0. The predicted molar refractivity (Wildman–Crippen MR) is 53.4 cm³/mol. The molecule has 76 valence electrons. The van der Waals surface area contributed by atoms with E-state index in [9.17, 15) is 5.11 Å². The maximum atomic E-state index is 9.72. The summed E-state index contributed by atoms with van der Waals surface area (Å²) in [5.41, 5.74) is 0. The molecule has 0 unspecified atom stereocenters. The highest BCUT2D eigenvalue weighted by atomic mass is 16.3. The fourth-order valence-electron chi connectivity index (χ4n) is 1.91. The van der Waals surface area contributed by atoms with Crippen molar-refractivity contribution in [3.8, 4) is 0 Å². The number of aliphatic hydroxyl groups is 2. The molecule has 2 atom stereocenters. The minimum Gasteiger partial charge on any atom is -0.389 e. The SMILES string of the molecule is C[C@@H](O)/C=C/[C@@H](O)C1CCCCC1. The lowest BCUT2D eigenvalue weighted by Crippen LogP contribution is -2.21. The summed E-state index contributed by atoms with van der Waals surface area (Å²) in [6.07, 6.45) is 8.65. The largest absolute Gasteiger partial charge is 0.389 e. The molecule has 13 heavy (non-hydrogen) atoms. The van der Waals surface area contributed by atoms with Crippen LogP contribution in [-0.2, 0) is 0 Å². The quantitative estimate of drug-likeness (QED) is 0.657. The Labute approximate surface area is 80.3 Å². The van der Waals surface area contributed by atoms with E-state index in [1.165, 1.54) is 19.3 Å².